The average Bonchev–Trinajstić information content (AvgIpc) is 2.99. The zero-order valence-corrected chi connectivity index (χ0v) is 15.0. The van der Waals surface area contributed by atoms with E-state index in [1.807, 2.05) is 28.9 Å². The van der Waals surface area contributed by atoms with Crippen molar-refractivity contribution in [3.63, 3.8) is 0 Å². The highest BCUT2D eigenvalue weighted by Gasteiger charge is 2.07. The smallest absolute Gasteiger partial charge is 0.191 e. The summed E-state index contributed by atoms with van der Waals surface area (Å²) in [6.07, 6.45) is 3.83. The Bertz CT molecular complexity index is 923. The topological polar surface area (TPSA) is 53.7 Å². The van der Waals surface area contributed by atoms with Crippen molar-refractivity contribution in [3.8, 4) is 0 Å². The summed E-state index contributed by atoms with van der Waals surface area (Å²) in [6, 6.07) is 7.20. The molecule has 130 valence electrons. The Morgan fingerprint density at radius 2 is 1.96 bits per heavy atom. The molecule has 2 N–H and O–H groups in total. The van der Waals surface area contributed by atoms with Crippen molar-refractivity contribution in [3.05, 3.63) is 70.1 Å². The maximum Gasteiger partial charge on any atom is 0.191 e. The second kappa shape index (κ2) is 7.60. The molecule has 0 spiro atoms. The highest BCUT2D eigenvalue weighted by Crippen LogP contribution is 2.12. The van der Waals surface area contributed by atoms with E-state index in [0.717, 1.165) is 34.0 Å². The Labute approximate surface area is 151 Å². The Hall–Kier alpha value is -2.48. The lowest BCUT2D eigenvalue weighted by Crippen LogP contribution is -2.36. The van der Waals surface area contributed by atoms with Crippen LogP contribution in [0.4, 0.5) is 8.78 Å². The minimum absolute atomic E-state index is 0.126. The molecule has 0 fully saturated rings. The summed E-state index contributed by atoms with van der Waals surface area (Å²) >= 11 is 3.42. The van der Waals surface area contributed by atoms with Crippen molar-refractivity contribution < 1.29 is 8.78 Å². The number of fused-ring (bicyclic) bond motifs is 1. The number of nitrogens with zero attached hydrogens (tertiary/aromatic N) is 3. The number of benzene rings is 1. The van der Waals surface area contributed by atoms with Crippen LogP contribution in [0.25, 0.3) is 5.65 Å². The van der Waals surface area contributed by atoms with Gasteiger partial charge in [0.15, 0.2) is 5.96 Å². The third-order valence-electron chi connectivity index (χ3n) is 3.58. The first-order chi connectivity index (χ1) is 12.0. The molecule has 0 saturated carbocycles. The maximum absolute atomic E-state index is 13.6. The van der Waals surface area contributed by atoms with E-state index in [1.165, 1.54) is 0 Å². The van der Waals surface area contributed by atoms with E-state index in [9.17, 15) is 8.78 Å². The number of hydrogen-bond donors (Lipinski definition) is 2. The van der Waals surface area contributed by atoms with E-state index in [2.05, 4.69) is 36.5 Å². The molecule has 0 bridgehead atoms. The van der Waals surface area contributed by atoms with Gasteiger partial charge in [-0.15, -0.1) is 0 Å². The van der Waals surface area contributed by atoms with E-state index in [1.54, 1.807) is 7.05 Å². The van der Waals surface area contributed by atoms with Gasteiger partial charge in [0.25, 0.3) is 0 Å². The highest BCUT2D eigenvalue weighted by molar-refractivity contribution is 9.10. The first-order valence-corrected chi connectivity index (χ1v) is 8.36. The van der Waals surface area contributed by atoms with Crippen molar-refractivity contribution in [1.82, 2.24) is 20.0 Å². The molecule has 2 aromatic heterocycles. The van der Waals surface area contributed by atoms with Crippen molar-refractivity contribution in [2.75, 3.05) is 7.05 Å². The number of aromatic nitrogens is 2. The Morgan fingerprint density at radius 1 is 1.16 bits per heavy atom. The van der Waals surface area contributed by atoms with Crippen LogP contribution in [-0.2, 0) is 13.1 Å². The van der Waals surface area contributed by atoms with Crippen LogP contribution in [0.1, 0.15) is 11.3 Å². The molecule has 0 aliphatic carbocycles. The van der Waals surface area contributed by atoms with Gasteiger partial charge in [0, 0.05) is 36.0 Å². The number of guanidine groups is 1. The van der Waals surface area contributed by atoms with Gasteiger partial charge in [-0.2, -0.15) is 0 Å². The summed E-state index contributed by atoms with van der Waals surface area (Å²) in [6.45, 7) is 0.575. The van der Waals surface area contributed by atoms with Crippen molar-refractivity contribution >= 4 is 27.5 Å². The van der Waals surface area contributed by atoms with E-state index < -0.39 is 11.6 Å². The number of hydrogen-bond acceptors (Lipinski definition) is 2. The minimum atomic E-state index is -0.475. The molecule has 25 heavy (non-hydrogen) atoms. The summed E-state index contributed by atoms with van der Waals surface area (Å²) in [7, 11) is 1.61. The largest absolute Gasteiger partial charge is 0.352 e. The van der Waals surface area contributed by atoms with Crippen LogP contribution in [-0.4, -0.2) is 22.4 Å². The highest BCUT2D eigenvalue weighted by atomic mass is 79.9. The molecular formula is C17H16BrF2N5. The fraction of sp³-hybridized carbons (Fsp3) is 0.176. The summed E-state index contributed by atoms with van der Waals surface area (Å²) in [5, 5.41) is 6.06. The fourth-order valence-corrected chi connectivity index (χ4v) is 2.71. The first kappa shape index (κ1) is 17.3. The number of rotatable bonds is 4. The zero-order chi connectivity index (χ0) is 17.8. The Morgan fingerprint density at radius 3 is 2.76 bits per heavy atom. The van der Waals surface area contributed by atoms with Crippen molar-refractivity contribution in [1.29, 1.82) is 0 Å². The molecule has 3 rings (SSSR count). The number of pyridine rings is 1. The first-order valence-electron chi connectivity index (χ1n) is 7.57. The lowest BCUT2D eigenvalue weighted by Gasteiger charge is -2.11. The molecule has 3 aromatic rings. The second-order valence-electron chi connectivity index (χ2n) is 5.36. The minimum Gasteiger partial charge on any atom is -0.352 e. The second-order valence-corrected chi connectivity index (χ2v) is 6.28. The van der Waals surface area contributed by atoms with Crippen LogP contribution in [0.5, 0.6) is 0 Å². The van der Waals surface area contributed by atoms with Crippen molar-refractivity contribution in [2.24, 2.45) is 4.99 Å². The van der Waals surface area contributed by atoms with Gasteiger partial charge in [0.2, 0.25) is 0 Å². The lowest BCUT2D eigenvalue weighted by atomic mass is 10.2. The number of nitrogens with one attached hydrogen (secondary N) is 2. The van der Waals surface area contributed by atoms with E-state index >= 15 is 0 Å². The summed E-state index contributed by atoms with van der Waals surface area (Å²) < 4.78 is 29.7. The normalized spacial score (nSPS) is 11.8. The summed E-state index contributed by atoms with van der Waals surface area (Å²) in [5.74, 6) is -0.464. The molecule has 0 radical (unpaired) electrons. The van der Waals surface area contributed by atoms with Crippen LogP contribution < -0.4 is 10.6 Å². The van der Waals surface area contributed by atoms with Gasteiger partial charge in [0.1, 0.15) is 17.3 Å². The third-order valence-corrected chi connectivity index (χ3v) is 4.05. The zero-order valence-electron chi connectivity index (χ0n) is 13.4. The van der Waals surface area contributed by atoms with Crippen molar-refractivity contribution in [2.45, 2.75) is 13.1 Å². The van der Waals surface area contributed by atoms with Crippen LogP contribution in [0.15, 0.2) is 52.2 Å². The summed E-state index contributed by atoms with van der Waals surface area (Å²) in [4.78, 5) is 8.57. The van der Waals surface area contributed by atoms with Gasteiger partial charge in [-0.05, 0) is 46.3 Å². The lowest BCUT2D eigenvalue weighted by molar-refractivity contribution is 0.581. The molecule has 8 heteroatoms. The Balaban J connectivity index is 1.61. The number of aliphatic imine (C=N–C) groups is 1. The molecule has 0 saturated heterocycles. The molecule has 0 amide bonds. The third kappa shape index (κ3) is 4.33. The molecule has 2 heterocycles. The van der Waals surface area contributed by atoms with Gasteiger partial charge in [-0.1, -0.05) is 0 Å². The summed E-state index contributed by atoms with van der Waals surface area (Å²) in [5.41, 5.74) is 1.91. The molecule has 0 atom stereocenters. The SMILES string of the molecule is CN=C(NCc1cn2cc(Br)ccc2n1)NCc1cc(F)ccc1F. The van der Waals surface area contributed by atoms with Gasteiger partial charge >= 0.3 is 0 Å². The van der Waals surface area contributed by atoms with Crippen LogP contribution >= 0.6 is 15.9 Å². The van der Waals surface area contributed by atoms with Gasteiger partial charge in [-0.25, -0.2) is 13.8 Å². The molecule has 0 aliphatic heterocycles. The molecular weight excluding hydrogens is 392 g/mol. The van der Waals surface area contributed by atoms with Crippen LogP contribution in [0, 0.1) is 11.6 Å². The van der Waals surface area contributed by atoms with E-state index in [0.29, 0.717) is 12.5 Å². The monoisotopic (exact) mass is 407 g/mol. The van der Waals surface area contributed by atoms with Gasteiger partial charge in [0.05, 0.1) is 12.2 Å². The standard InChI is InChI=1S/C17H16BrF2N5/c1-21-17(22-7-11-6-13(19)3-4-15(11)20)23-8-14-10-25-9-12(18)2-5-16(25)24-14/h2-6,9-10H,7-8H2,1H3,(H2,21,22,23). The molecule has 0 aliphatic rings. The van der Waals surface area contributed by atoms with Crippen LogP contribution in [0.3, 0.4) is 0 Å². The van der Waals surface area contributed by atoms with Crippen LogP contribution in [0.2, 0.25) is 0 Å². The quantitative estimate of drug-likeness (QED) is 0.515. The van der Waals surface area contributed by atoms with E-state index in [-0.39, 0.29) is 12.1 Å². The number of halogens is 3. The van der Waals surface area contributed by atoms with Gasteiger partial charge in [-0.3, -0.25) is 4.99 Å². The maximum atomic E-state index is 13.6. The predicted octanol–water partition coefficient (Wildman–Crippen LogP) is 3.24. The predicted molar refractivity (Wildman–Crippen MR) is 96.3 cm³/mol. The molecule has 1 aromatic carbocycles. The molecule has 0 unspecified atom stereocenters. The Kier molecular flexibility index (Phi) is 5.28. The number of imidazole rings is 1. The van der Waals surface area contributed by atoms with E-state index in [4.69, 9.17) is 0 Å². The molecule has 5 nitrogen and oxygen atoms in total. The van der Waals surface area contributed by atoms with Gasteiger partial charge < -0.3 is 15.0 Å². The average molecular weight is 408 g/mol. The fourth-order valence-electron chi connectivity index (χ4n) is 2.36.